The summed E-state index contributed by atoms with van der Waals surface area (Å²) in [6, 6.07) is 0. The highest BCUT2D eigenvalue weighted by molar-refractivity contribution is 5.85. The second-order valence-corrected chi connectivity index (χ2v) is 5.37. The molecule has 22 heavy (non-hydrogen) atoms. The lowest BCUT2D eigenvalue weighted by atomic mass is 9.97. The normalized spacial score (nSPS) is 16.0. The molecule has 0 bridgehead atoms. The number of hydrogen-bond acceptors (Lipinski definition) is 5. The van der Waals surface area contributed by atoms with Crippen LogP contribution in [0.3, 0.4) is 0 Å². The van der Waals surface area contributed by atoms with Crippen molar-refractivity contribution in [1.82, 2.24) is 14.4 Å². The van der Waals surface area contributed by atoms with E-state index in [-0.39, 0.29) is 11.6 Å². The van der Waals surface area contributed by atoms with Gasteiger partial charge in [0.1, 0.15) is 0 Å². The van der Waals surface area contributed by atoms with Crippen LogP contribution in [0, 0.1) is 0 Å². The Morgan fingerprint density at radius 1 is 1.41 bits per heavy atom. The number of hydrogen-bond donors (Lipinski definition) is 1. The number of aromatic nitrogens is 3. The first-order chi connectivity index (χ1) is 10.7. The zero-order valence-corrected chi connectivity index (χ0v) is 12.5. The molecule has 0 aromatic carbocycles. The van der Waals surface area contributed by atoms with Gasteiger partial charge in [-0.05, 0) is 19.3 Å². The number of aromatic carboxylic acids is 1. The van der Waals surface area contributed by atoms with E-state index >= 15 is 0 Å². The SMILES string of the molecule is CCCOc1nc(C(=O)O)cn2cc(C3CCOCC3)nc12. The third-order valence-corrected chi connectivity index (χ3v) is 3.73. The minimum Gasteiger partial charge on any atom is -0.476 e. The summed E-state index contributed by atoms with van der Waals surface area (Å²) in [4.78, 5) is 19.9. The van der Waals surface area contributed by atoms with Gasteiger partial charge >= 0.3 is 5.97 Å². The molecule has 1 fully saturated rings. The number of rotatable bonds is 5. The van der Waals surface area contributed by atoms with Crippen LogP contribution in [-0.4, -0.2) is 45.3 Å². The Morgan fingerprint density at radius 2 is 2.18 bits per heavy atom. The van der Waals surface area contributed by atoms with Gasteiger partial charge in [-0.2, -0.15) is 0 Å². The highest BCUT2D eigenvalue weighted by Crippen LogP contribution is 2.28. The van der Waals surface area contributed by atoms with E-state index in [1.165, 1.54) is 6.20 Å². The van der Waals surface area contributed by atoms with Crippen molar-refractivity contribution < 1.29 is 19.4 Å². The molecule has 0 aliphatic carbocycles. The molecular weight excluding hydrogens is 286 g/mol. The zero-order valence-electron chi connectivity index (χ0n) is 12.5. The first kappa shape index (κ1) is 14.8. The molecule has 0 radical (unpaired) electrons. The van der Waals surface area contributed by atoms with Gasteiger partial charge in [-0.3, -0.25) is 4.40 Å². The molecule has 7 heteroatoms. The fraction of sp³-hybridized carbons (Fsp3) is 0.533. The van der Waals surface area contributed by atoms with Crippen LogP contribution >= 0.6 is 0 Å². The first-order valence-corrected chi connectivity index (χ1v) is 7.52. The molecule has 2 aromatic heterocycles. The van der Waals surface area contributed by atoms with Gasteiger partial charge in [-0.15, -0.1) is 0 Å². The highest BCUT2D eigenvalue weighted by Gasteiger charge is 2.21. The average molecular weight is 305 g/mol. The van der Waals surface area contributed by atoms with Crippen LogP contribution in [-0.2, 0) is 4.74 Å². The monoisotopic (exact) mass is 305 g/mol. The Balaban J connectivity index is 2.02. The maximum Gasteiger partial charge on any atom is 0.356 e. The molecule has 1 N–H and O–H groups in total. The predicted octanol–water partition coefficient (Wildman–Crippen LogP) is 2.11. The number of carbonyl (C=O) groups is 1. The average Bonchev–Trinajstić information content (AvgIpc) is 2.97. The van der Waals surface area contributed by atoms with Crippen molar-refractivity contribution in [2.75, 3.05) is 19.8 Å². The molecule has 3 heterocycles. The van der Waals surface area contributed by atoms with Crippen molar-refractivity contribution in [3.8, 4) is 5.88 Å². The number of carboxylic acids is 1. The molecule has 0 atom stereocenters. The van der Waals surface area contributed by atoms with E-state index in [2.05, 4.69) is 9.97 Å². The third kappa shape index (κ3) is 2.89. The molecule has 0 unspecified atom stereocenters. The Bertz CT molecular complexity index is 677. The lowest BCUT2D eigenvalue weighted by Crippen LogP contribution is -2.14. The summed E-state index contributed by atoms with van der Waals surface area (Å²) >= 11 is 0. The topological polar surface area (TPSA) is 86.0 Å². The lowest BCUT2D eigenvalue weighted by Gasteiger charge is -2.19. The van der Waals surface area contributed by atoms with Gasteiger partial charge in [0, 0.05) is 31.5 Å². The summed E-state index contributed by atoms with van der Waals surface area (Å²) in [6.45, 7) is 3.93. The molecule has 1 aliphatic rings. The van der Waals surface area contributed by atoms with Crippen LogP contribution in [0.4, 0.5) is 0 Å². The number of imidazole rings is 1. The molecule has 118 valence electrons. The maximum absolute atomic E-state index is 11.2. The van der Waals surface area contributed by atoms with Crippen molar-refractivity contribution in [2.24, 2.45) is 0 Å². The van der Waals surface area contributed by atoms with E-state index in [1.54, 1.807) is 4.40 Å². The molecular formula is C15H19N3O4. The largest absolute Gasteiger partial charge is 0.476 e. The van der Waals surface area contributed by atoms with Gasteiger partial charge in [0.2, 0.25) is 5.65 Å². The Kier molecular flexibility index (Phi) is 4.24. The van der Waals surface area contributed by atoms with Crippen LogP contribution in [0.1, 0.15) is 48.3 Å². The highest BCUT2D eigenvalue weighted by atomic mass is 16.5. The Hall–Kier alpha value is -2.15. The van der Waals surface area contributed by atoms with Gasteiger partial charge in [0.25, 0.3) is 5.88 Å². The van der Waals surface area contributed by atoms with Crippen molar-refractivity contribution in [3.05, 3.63) is 23.8 Å². The van der Waals surface area contributed by atoms with E-state index in [0.717, 1.165) is 38.2 Å². The fourth-order valence-corrected chi connectivity index (χ4v) is 2.58. The van der Waals surface area contributed by atoms with Crippen LogP contribution in [0.5, 0.6) is 5.88 Å². The number of ether oxygens (including phenoxy) is 2. The van der Waals surface area contributed by atoms with Crippen LogP contribution < -0.4 is 4.74 Å². The summed E-state index contributed by atoms with van der Waals surface area (Å²) in [6.07, 6.45) is 6.02. The second kappa shape index (κ2) is 6.31. The van der Waals surface area contributed by atoms with Crippen LogP contribution in [0.15, 0.2) is 12.4 Å². The van der Waals surface area contributed by atoms with E-state index in [9.17, 15) is 9.90 Å². The van der Waals surface area contributed by atoms with Gasteiger partial charge in [0.15, 0.2) is 5.69 Å². The zero-order chi connectivity index (χ0) is 15.5. The number of fused-ring (bicyclic) bond motifs is 1. The minimum absolute atomic E-state index is 0.0467. The van der Waals surface area contributed by atoms with Crippen molar-refractivity contribution in [3.63, 3.8) is 0 Å². The summed E-state index contributed by atoms with van der Waals surface area (Å²) in [7, 11) is 0. The fourth-order valence-electron chi connectivity index (χ4n) is 2.58. The first-order valence-electron chi connectivity index (χ1n) is 7.52. The Morgan fingerprint density at radius 3 is 2.86 bits per heavy atom. The van der Waals surface area contributed by atoms with Crippen LogP contribution in [0.25, 0.3) is 5.65 Å². The minimum atomic E-state index is -1.08. The lowest BCUT2D eigenvalue weighted by molar-refractivity contribution is 0.0688. The van der Waals surface area contributed by atoms with Crippen LogP contribution in [0.2, 0.25) is 0 Å². The van der Waals surface area contributed by atoms with Crippen molar-refractivity contribution in [2.45, 2.75) is 32.1 Å². The van der Waals surface area contributed by atoms with Gasteiger partial charge in [0.05, 0.1) is 12.3 Å². The van der Waals surface area contributed by atoms with E-state index in [1.807, 2.05) is 13.1 Å². The number of nitrogens with zero attached hydrogens (tertiary/aromatic N) is 3. The van der Waals surface area contributed by atoms with Gasteiger partial charge in [-0.1, -0.05) is 6.92 Å². The molecule has 7 nitrogen and oxygen atoms in total. The molecule has 3 rings (SSSR count). The second-order valence-electron chi connectivity index (χ2n) is 5.37. The van der Waals surface area contributed by atoms with Gasteiger partial charge < -0.3 is 14.6 Å². The summed E-state index contributed by atoms with van der Waals surface area (Å²) in [5, 5.41) is 9.18. The maximum atomic E-state index is 11.2. The van der Waals surface area contributed by atoms with E-state index < -0.39 is 5.97 Å². The molecule has 0 spiro atoms. The quantitative estimate of drug-likeness (QED) is 0.910. The van der Waals surface area contributed by atoms with Crippen molar-refractivity contribution in [1.29, 1.82) is 0 Å². The summed E-state index contributed by atoms with van der Waals surface area (Å²) in [5.41, 5.74) is 1.46. The number of carboxylic acid groups (broad SMARTS) is 1. The molecule has 1 saturated heterocycles. The molecule has 2 aromatic rings. The smallest absolute Gasteiger partial charge is 0.356 e. The molecule has 1 aliphatic heterocycles. The van der Waals surface area contributed by atoms with E-state index in [0.29, 0.717) is 18.2 Å². The summed E-state index contributed by atoms with van der Waals surface area (Å²) < 4.78 is 12.7. The summed E-state index contributed by atoms with van der Waals surface area (Å²) in [5.74, 6) is -0.467. The van der Waals surface area contributed by atoms with Gasteiger partial charge in [-0.25, -0.2) is 14.8 Å². The molecule has 0 amide bonds. The predicted molar refractivity (Wildman–Crippen MR) is 78.5 cm³/mol. The Labute approximate surface area is 127 Å². The van der Waals surface area contributed by atoms with Crippen molar-refractivity contribution >= 4 is 11.6 Å². The third-order valence-electron chi connectivity index (χ3n) is 3.73. The molecule has 0 saturated carbocycles. The van der Waals surface area contributed by atoms with E-state index in [4.69, 9.17) is 9.47 Å². The standard InChI is InChI=1S/C15H19N3O4/c1-2-5-22-14-13-16-11(10-3-6-21-7-4-10)8-18(13)9-12(17-14)15(19)20/h8-10H,2-7H2,1H3,(H,19,20).